The van der Waals surface area contributed by atoms with Gasteiger partial charge in [0.25, 0.3) is 0 Å². The van der Waals surface area contributed by atoms with Crippen molar-refractivity contribution >= 4 is 11.3 Å². The SMILES string of the molecule is CNC(C)(C)c1cncn1Cc1scnc1C. The fraction of sp³-hybridized carbons (Fsp3) is 0.500. The van der Waals surface area contributed by atoms with Crippen LogP contribution in [0.3, 0.4) is 0 Å². The Bertz CT molecular complexity index is 498. The lowest BCUT2D eigenvalue weighted by Gasteiger charge is -2.25. The van der Waals surface area contributed by atoms with Gasteiger partial charge in [-0.1, -0.05) is 0 Å². The standard InChI is InChI=1S/C12H18N4S/c1-9-10(17-8-15-9)6-16-7-14-5-11(16)12(2,3)13-4/h5,7-8,13H,6H2,1-4H3. The topological polar surface area (TPSA) is 42.7 Å². The summed E-state index contributed by atoms with van der Waals surface area (Å²) in [6.45, 7) is 7.20. The van der Waals surface area contributed by atoms with Gasteiger partial charge in [-0.15, -0.1) is 11.3 Å². The summed E-state index contributed by atoms with van der Waals surface area (Å²) in [4.78, 5) is 9.82. The van der Waals surface area contributed by atoms with Crippen molar-refractivity contribution in [1.82, 2.24) is 19.9 Å². The molecule has 2 heterocycles. The largest absolute Gasteiger partial charge is 0.328 e. The minimum Gasteiger partial charge on any atom is -0.328 e. The maximum atomic E-state index is 4.28. The van der Waals surface area contributed by atoms with Crippen LogP contribution in [-0.2, 0) is 12.1 Å². The zero-order valence-corrected chi connectivity index (χ0v) is 11.5. The van der Waals surface area contributed by atoms with Crippen molar-refractivity contribution in [1.29, 1.82) is 0 Å². The fourth-order valence-electron chi connectivity index (χ4n) is 1.73. The highest BCUT2D eigenvalue weighted by atomic mass is 32.1. The van der Waals surface area contributed by atoms with Gasteiger partial charge in [0.15, 0.2) is 0 Å². The molecule has 0 radical (unpaired) electrons. The molecule has 4 nitrogen and oxygen atoms in total. The number of thiazole rings is 1. The highest BCUT2D eigenvalue weighted by Crippen LogP contribution is 2.21. The van der Waals surface area contributed by atoms with E-state index in [4.69, 9.17) is 0 Å². The normalized spacial score (nSPS) is 12.0. The molecule has 17 heavy (non-hydrogen) atoms. The fourth-order valence-corrected chi connectivity index (χ4v) is 2.50. The van der Waals surface area contributed by atoms with E-state index < -0.39 is 0 Å². The molecule has 92 valence electrons. The first-order valence-corrected chi connectivity index (χ1v) is 6.51. The van der Waals surface area contributed by atoms with E-state index in [1.165, 1.54) is 10.6 Å². The summed E-state index contributed by atoms with van der Waals surface area (Å²) in [6.07, 6.45) is 3.81. The van der Waals surface area contributed by atoms with Crippen LogP contribution in [0.25, 0.3) is 0 Å². The van der Waals surface area contributed by atoms with Crippen LogP contribution >= 0.6 is 11.3 Å². The molecule has 2 aromatic heterocycles. The van der Waals surface area contributed by atoms with Crippen LogP contribution in [0.15, 0.2) is 18.0 Å². The highest BCUT2D eigenvalue weighted by Gasteiger charge is 2.22. The Morgan fingerprint density at radius 3 is 2.82 bits per heavy atom. The highest BCUT2D eigenvalue weighted by molar-refractivity contribution is 7.09. The molecule has 0 spiro atoms. The lowest BCUT2D eigenvalue weighted by molar-refractivity contribution is 0.413. The van der Waals surface area contributed by atoms with Crippen LogP contribution in [0.2, 0.25) is 0 Å². The maximum Gasteiger partial charge on any atom is 0.0952 e. The van der Waals surface area contributed by atoms with Gasteiger partial charge in [-0.2, -0.15) is 0 Å². The van der Waals surface area contributed by atoms with Gasteiger partial charge in [-0.3, -0.25) is 0 Å². The summed E-state index contributed by atoms with van der Waals surface area (Å²) in [6, 6.07) is 0. The summed E-state index contributed by atoms with van der Waals surface area (Å²) in [7, 11) is 1.97. The van der Waals surface area contributed by atoms with Gasteiger partial charge in [-0.25, -0.2) is 9.97 Å². The number of rotatable bonds is 4. The van der Waals surface area contributed by atoms with E-state index in [9.17, 15) is 0 Å². The number of hydrogen-bond donors (Lipinski definition) is 1. The summed E-state index contributed by atoms with van der Waals surface area (Å²) in [5.41, 5.74) is 4.12. The summed E-state index contributed by atoms with van der Waals surface area (Å²) in [5.74, 6) is 0. The van der Waals surface area contributed by atoms with E-state index in [0.29, 0.717) is 0 Å². The zero-order valence-electron chi connectivity index (χ0n) is 10.7. The lowest BCUT2D eigenvalue weighted by Crippen LogP contribution is -2.35. The van der Waals surface area contributed by atoms with Crippen LogP contribution in [-0.4, -0.2) is 21.6 Å². The molecule has 2 aromatic rings. The van der Waals surface area contributed by atoms with Crippen molar-refractivity contribution < 1.29 is 0 Å². The maximum absolute atomic E-state index is 4.28. The average Bonchev–Trinajstić information content (AvgIpc) is 2.90. The average molecular weight is 250 g/mol. The Kier molecular flexibility index (Phi) is 3.31. The van der Waals surface area contributed by atoms with E-state index in [-0.39, 0.29) is 5.54 Å². The second-order valence-electron chi connectivity index (χ2n) is 4.64. The Labute approximate surface area is 106 Å². The van der Waals surface area contributed by atoms with Crippen LogP contribution in [0, 0.1) is 6.92 Å². The van der Waals surface area contributed by atoms with Crippen molar-refractivity contribution in [3.05, 3.63) is 34.3 Å². The summed E-state index contributed by atoms with van der Waals surface area (Å²) in [5, 5.41) is 3.31. The first-order chi connectivity index (χ1) is 8.04. The Morgan fingerprint density at radius 1 is 1.47 bits per heavy atom. The minimum atomic E-state index is -0.0743. The van der Waals surface area contributed by atoms with Crippen molar-refractivity contribution in [2.75, 3.05) is 7.05 Å². The molecular weight excluding hydrogens is 232 g/mol. The molecule has 2 rings (SSSR count). The van der Waals surface area contributed by atoms with E-state index in [1.807, 2.05) is 32.0 Å². The monoisotopic (exact) mass is 250 g/mol. The predicted octanol–water partition coefficient (Wildman–Crippen LogP) is 2.15. The molecule has 0 saturated carbocycles. The van der Waals surface area contributed by atoms with E-state index in [2.05, 4.69) is 33.7 Å². The number of hydrogen-bond acceptors (Lipinski definition) is 4. The lowest BCUT2D eigenvalue weighted by atomic mass is 10.0. The van der Waals surface area contributed by atoms with Crippen molar-refractivity contribution in [3.63, 3.8) is 0 Å². The molecule has 0 aliphatic carbocycles. The van der Waals surface area contributed by atoms with Gasteiger partial charge < -0.3 is 9.88 Å². The van der Waals surface area contributed by atoms with E-state index in [1.54, 1.807) is 11.3 Å². The van der Waals surface area contributed by atoms with Crippen LogP contribution < -0.4 is 5.32 Å². The molecular formula is C12H18N4S. The van der Waals surface area contributed by atoms with Crippen molar-refractivity contribution in [2.24, 2.45) is 0 Å². The van der Waals surface area contributed by atoms with Crippen LogP contribution in [0.4, 0.5) is 0 Å². The van der Waals surface area contributed by atoms with Gasteiger partial charge in [0, 0.05) is 4.88 Å². The van der Waals surface area contributed by atoms with Gasteiger partial charge in [0.2, 0.25) is 0 Å². The predicted molar refractivity (Wildman–Crippen MR) is 70.3 cm³/mol. The third-order valence-corrected chi connectivity index (χ3v) is 4.06. The number of aryl methyl sites for hydroxylation is 1. The molecule has 0 amide bonds. The molecule has 0 aliphatic rings. The van der Waals surface area contributed by atoms with Gasteiger partial charge >= 0.3 is 0 Å². The second-order valence-corrected chi connectivity index (χ2v) is 5.58. The first kappa shape index (κ1) is 12.3. The van der Waals surface area contributed by atoms with Gasteiger partial charge in [0.1, 0.15) is 0 Å². The summed E-state index contributed by atoms with van der Waals surface area (Å²) >= 11 is 1.69. The van der Waals surface area contributed by atoms with Crippen molar-refractivity contribution in [3.8, 4) is 0 Å². The number of imidazole rings is 1. The number of nitrogens with zero attached hydrogens (tertiary/aromatic N) is 3. The van der Waals surface area contributed by atoms with Gasteiger partial charge in [0.05, 0.1) is 41.5 Å². The van der Waals surface area contributed by atoms with Crippen LogP contribution in [0.5, 0.6) is 0 Å². The first-order valence-electron chi connectivity index (χ1n) is 5.63. The molecule has 5 heteroatoms. The Hall–Kier alpha value is -1.20. The molecule has 0 aliphatic heterocycles. The molecule has 1 N–H and O–H groups in total. The molecule has 0 bridgehead atoms. The smallest absolute Gasteiger partial charge is 0.0952 e. The van der Waals surface area contributed by atoms with Gasteiger partial charge in [-0.05, 0) is 27.8 Å². The Balaban J connectivity index is 2.29. The molecule has 0 aromatic carbocycles. The number of nitrogens with one attached hydrogen (secondary N) is 1. The van der Waals surface area contributed by atoms with E-state index in [0.717, 1.165) is 12.2 Å². The Morgan fingerprint density at radius 2 is 2.24 bits per heavy atom. The quantitative estimate of drug-likeness (QED) is 0.904. The van der Waals surface area contributed by atoms with E-state index >= 15 is 0 Å². The van der Waals surface area contributed by atoms with Crippen molar-refractivity contribution in [2.45, 2.75) is 32.9 Å². The summed E-state index contributed by atoms with van der Waals surface area (Å²) < 4.78 is 2.18. The third kappa shape index (κ3) is 2.40. The molecule has 0 saturated heterocycles. The number of aromatic nitrogens is 3. The van der Waals surface area contributed by atoms with Crippen LogP contribution in [0.1, 0.15) is 30.1 Å². The molecule has 0 atom stereocenters. The third-order valence-electron chi connectivity index (χ3n) is 3.14. The zero-order chi connectivity index (χ0) is 12.5. The second kappa shape index (κ2) is 4.58. The molecule has 0 unspecified atom stereocenters. The molecule has 0 fully saturated rings. The minimum absolute atomic E-state index is 0.0743.